The predicted molar refractivity (Wildman–Crippen MR) is 96.9 cm³/mol. The fourth-order valence-electron chi connectivity index (χ4n) is 3.23. The maximum atomic E-state index is 13.3. The van der Waals surface area contributed by atoms with E-state index in [1.54, 1.807) is 48.5 Å². The first-order valence-corrected chi connectivity index (χ1v) is 10.1. The fraction of sp³-hybridized carbons (Fsp3) is 0.400. The smallest absolute Gasteiger partial charge is 0.230 e. The summed E-state index contributed by atoms with van der Waals surface area (Å²) in [5.41, 5.74) is 1.54. The highest BCUT2D eigenvalue weighted by Crippen LogP contribution is 2.54. The summed E-state index contributed by atoms with van der Waals surface area (Å²) in [4.78, 5) is -1.41. The lowest BCUT2D eigenvalue weighted by molar-refractivity contribution is 0.116. The number of unbranched alkanes of at least 4 members (excludes halogenated alkanes) is 1. The van der Waals surface area contributed by atoms with Crippen molar-refractivity contribution in [2.24, 2.45) is 0 Å². The summed E-state index contributed by atoms with van der Waals surface area (Å²) in [7, 11) is -3.84. The van der Waals surface area contributed by atoms with Crippen LogP contribution in [0.3, 0.4) is 0 Å². The van der Waals surface area contributed by atoms with Crippen molar-refractivity contribution in [1.82, 2.24) is 0 Å². The van der Waals surface area contributed by atoms with Crippen molar-refractivity contribution < 1.29 is 18.3 Å². The van der Waals surface area contributed by atoms with Crippen molar-refractivity contribution in [3.63, 3.8) is 0 Å². The summed E-state index contributed by atoms with van der Waals surface area (Å²) in [6.07, 6.45) is 0.709. The van der Waals surface area contributed by atoms with E-state index in [0.717, 1.165) is 18.4 Å². The van der Waals surface area contributed by atoms with Crippen LogP contribution < -0.4 is 0 Å². The molecule has 0 spiro atoms. The highest BCUT2D eigenvalue weighted by Gasteiger charge is 2.70. The van der Waals surface area contributed by atoms with Gasteiger partial charge in [0.05, 0.1) is 4.90 Å². The first kappa shape index (κ1) is 18.1. The third-order valence-corrected chi connectivity index (χ3v) is 7.10. The van der Waals surface area contributed by atoms with E-state index in [0.29, 0.717) is 12.0 Å². The number of epoxide rings is 1. The standard InChI is InChI=1S/C20H24O4S/c1-3-4-10-18-20(24-18,19(21)16-8-6-5-7-9-16)25(22,23)17-13-11-15(2)12-14-17/h5-9,11-14,18-19,21H,3-4,10H2,1-2H3/t18-,19-,20-/m0/s1. The monoisotopic (exact) mass is 360 g/mol. The lowest BCUT2D eigenvalue weighted by atomic mass is 10.0. The van der Waals surface area contributed by atoms with Crippen LogP contribution in [0.25, 0.3) is 0 Å². The number of aliphatic hydroxyl groups is 1. The molecule has 3 atom stereocenters. The SMILES string of the molecule is CCCC[C@@H]1O[C@]1([C@@H](O)c1ccccc1)S(=O)(=O)c1ccc(C)cc1. The van der Waals surface area contributed by atoms with Gasteiger partial charge < -0.3 is 9.84 Å². The van der Waals surface area contributed by atoms with Crippen LogP contribution in [0.4, 0.5) is 0 Å². The molecular weight excluding hydrogens is 336 g/mol. The number of sulfone groups is 1. The summed E-state index contributed by atoms with van der Waals surface area (Å²) in [5, 5.41) is 10.9. The minimum Gasteiger partial charge on any atom is -0.384 e. The molecule has 25 heavy (non-hydrogen) atoms. The number of aryl methyl sites for hydroxylation is 1. The van der Waals surface area contributed by atoms with E-state index >= 15 is 0 Å². The molecule has 1 saturated heterocycles. The third kappa shape index (κ3) is 3.12. The number of rotatable bonds is 7. The molecule has 1 heterocycles. The van der Waals surface area contributed by atoms with Crippen LogP contribution in [0.5, 0.6) is 0 Å². The molecule has 0 aromatic heterocycles. The number of hydrogen-bond donors (Lipinski definition) is 1. The zero-order chi connectivity index (χ0) is 18.1. The average molecular weight is 360 g/mol. The van der Waals surface area contributed by atoms with Gasteiger partial charge in [0, 0.05) is 0 Å². The van der Waals surface area contributed by atoms with Crippen molar-refractivity contribution in [1.29, 1.82) is 0 Å². The fourth-order valence-corrected chi connectivity index (χ4v) is 5.23. The maximum absolute atomic E-state index is 13.3. The second kappa shape index (κ2) is 6.90. The van der Waals surface area contributed by atoms with Crippen LogP contribution in [0, 0.1) is 6.92 Å². The van der Waals surface area contributed by atoms with E-state index in [-0.39, 0.29) is 4.90 Å². The molecule has 1 fully saturated rings. The van der Waals surface area contributed by atoms with Gasteiger partial charge in [0.2, 0.25) is 14.8 Å². The Morgan fingerprint density at radius 1 is 1.12 bits per heavy atom. The molecule has 2 aromatic rings. The van der Waals surface area contributed by atoms with Crippen LogP contribution >= 0.6 is 0 Å². The highest BCUT2D eigenvalue weighted by molar-refractivity contribution is 7.93. The molecule has 1 N–H and O–H groups in total. The molecular formula is C20H24O4S. The lowest BCUT2D eigenvalue weighted by Crippen LogP contribution is -2.35. The molecule has 1 aliphatic heterocycles. The van der Waals surface area contributed by atoms with Crippen molar-refractivity contribution in [3.05, 3.63) is 65.7 Å². The maximum Gasteiger partial charge on any atom is 0.230 e. The zero-order valence-electron chi connectivity index (χ0n) is 14.6. The zero-order valence-corrected chi connectivity index (χ0v) is 15.4. The van der Waals surface area contributed by atoms with Gasteiger partial charge in [0.25, 0.3) is 0 Å². The van der Waals surface area contributed by atoms with Gasteiger partial charge in [0.15, 0.2) is 0 Å². The van der Waals surface area contributed by atoms with Gasteiger partial charge in [0.1, 0.15) is 12.2 Å². The topological polar surface area (TPSA) is 66.9 Å². The van der Waals surface area contributed by atoms with Gasteiger partial charge in [-0.2, -0.15) is 0 Å². The normalized spacial score (nSPS) is 24.0. The van der Waals surface area contributed by atoms with E-state index in [9.17, 15) is 13.5 Å². The molecule has 0 aliphatic carbocycles. The Morgan fingerprint density at radius 2 is 1.76 bits per heavy atom. The van der Waals surface area contributed by atoms with E-state index in [2.05, 4.69) is 0 Å². The van der Waals surface area contributed by atoms with Crippen molar-refractivity contribution in [3.8, 4) is 0 Å². The van der Waals surface area contributed by atoms with Crippen molar-refractivity contribution in [2.45, 2.75) is 55.1 Å². The van der Waals surface area contributed by atoms with Gasteiger partial charge in [-0.05, 0) is 31.0 Å². The summed E-state index contributed by atoms with van der Waals surface area (Å²) >= 11 is 0. The van der Waals surface area contributed by atoms with Crippen LogP contribution in [-0.2, 0) is 14.6 Å². The molecule has 4 nitrogen and oxygen atoms in total. The molecule has 0 bridgehead atoms. The highest BCUT2D eigenvalue weighted by atomic mass is 32.2. The van der Waals surface area contributed by atoms with Gasteiger partial charge in [-0.3, -0.25) is 0 Å². The summed E-state index contributed by atoms with van der Waals surface area (Å²) < 4.78 is 32.4. The van der Waals surface area contributed by atoms with E-state index in [1.165, 1.54) is 0 Å². The molecule has 0 amide bonds. The van der Waals surface area contributed by atoms with E-state index in [1.807, 2.05) is 19.9 Å². The minimum absolute atomic E-state index is 0.187. The van der Waals surface area contributed by atoms with Gasteiger partial charge >= 0.3 is 0 Å². The lowest BCUT2D eigenvalue weighted by Gasteiger charge is -2.21. The average Bonchev–Trinajstić information content (AvgIpc) is 3.36. The number of ether oxygens (including phenoxy) is 1. The third-order valence-electron chi connectivity index (χ3n) is 4.79. The Bertz CT molecular complexity index is 815. The number of benzene rings is 2. The van der Waals surface area contributed by atoms with Crippen molar-refractivity contribution in [2.75, 3.05) is 0 Å². The molecule has 5 heteroatoms. The predicted octanol–water partition coefficient (Wildman–Crippen LogP) is 3.79. The Balaban J connectivity index is 2.02. The van der Waals surface area contributed by atoms with Crippen molar-refractivity contribution >= 4 is 9.84 Å². The second-order valence-corrected chi connectivity index (χ2v) is 8.72. The first-order chi connectivity index (χ1) is 11.9. The molecule has 3 rings (SSSR count). The van der Waals surface area contributed by atoms with Gasteiger partial charge in [-0.1, -0.05) is 67.8 Å². The summed E-state index contributed by atoms with van der Waals surface area (Å²) in [6.45, 7) is 3.95. The number of hydrogen-bond acceptors (Lipinski definition) is 4. The summed E-state index contributed by atoms with van der Waals surface area (Å²) in [6, 6.07) is 15.6. The molecule has 0 radical (unpaired) electrons. The largest absolute Gasteiger partial charge is 0.384 e. The molecule has 134 valence electrons. The molecule has 2 aromatic carbocycles. The Morgan fingerprint density at radius 3 is 2.36 bits per heavy atom. The quantitative estimate of drug-likeness (QED) is 0.763. The summed E-state index contributed by atoms with van der Waals surface area (Å²) in [5.74, 6) is 0. The molecule has 0 unspecified atom stereocenters. The number of aliphatic hydroxyl groups excluding tert-OH is 1. The van der Waals surface area contributed by atoms with Crippen LogP contribution in [0.15, 0.2) is 59.5 Å². The molecule has 1 aliphatic rings. The van der Waals surface area contributed by atoms with Gasteiger partial charge in [-0.15, -0.1) is 0 Å². The Labute approximate surface area is 149 Å². The second-order valence-electron chi connectivity index (χ2n) is 6.60. The van der Waals surface area contributed by atoms with Gasteiger partial charge in [-0.25, -0.2) is 8.42 Å². The van der Waals surface area contributed by atoms with Crippen LogP contribution in [0.2, 0.25) is 0 Å². The van der Waals surface area contributed by atoms with Crippen LogP contribution in [0.1, 0.15) is 43.4 Å². The molecule has 0 saturated carbocycles. The Hall–Kier alpha value is -1.69. The Kier molecular flexibility index (Phi) is 5.00. The van der Waals surface area contributed by atoms with E-state index < -0.39 is 27.0 Å². The first-order valence-electron chi connectivity index (χ1n) is 8.65. The van der Waals surface area contributed by atoms with E-state index in [4.69, 9.17) is 4.74 Å². The minimum atomic E-state index is -3.84. The van der Waals surface area contributed by atoms with Crippen LogP contribution in [-0.4, -0.2) is 24.6 Å².